The summed E-state index contributed by atoms with van der Waals surface area (Å²) in [5.74, 6) is 2.96. The van der Waals surface area contributed by atoms with E-state index < -0.39 is 0 Å². The molecule has 2 rings (SSSR count). The number of rotatable bonds is 2. The van der Waals surface area contributed by atoms with Crippen LogP contribution >= 0.6 is 0 Å². The molecule has 0 heterocycles. The highest BCUT2D eigenvalue weighted by Crippen LogP contribution is 2.43. The molecule has 12 heavy (non-hydrogen) atoms. The van der Waals surface area contributed by atoms with Crippen molar-refractivity contribution >= 4 is 0 Å². The summed E-state index contributed by atoms with van der Waals surface area (Å²) in [4.78, 5) is 0. The fourth-order valence-electron chi connectivity index (χ4n) is 3.02. The molecule has 2 atom stereocenters. The quantitative estimate of drug-likeness (QED) is 0.672. The third kappa shape index (κ3) is 1.52. The van der Waals surface area contributed by atoms with Crippen molar-refractivity contribution in [2.24, 2.45) is 23.5 Å². The minimum atomic E-state index is 0.879. The lowest BCUT2D eigenvalue weighted by atomic mass is 9.65. The van der Waals surface area contributed by atoms with Crippen molar-refractivity contribution in [1.29, 1.82) is 0 Å². The lowest BCUT2D eigenvalue weighted by Crippen LogP contribution is -2.34. The van der Waals surface area contributed by atoms with Gasteiger partial charge in [-0.15, -0.1) is 0 Å². The predicted molar refractivity (Wildman–Crippen MR) is 51.8 cm³/mol. The summed E-state index contributed by atoms with van der Waals surface area (Å²) in [6.45, 7) is 0.946. The first-order valence-electron chi connectivity index (χ1n) is 5.62. The van der Waals surface area contributed by atoms with Gasteiger partial charge in [0.25, 0.3) is 0 Å². The van der Waals surface area contributed by atoms with Crippen LogP contribution in [0.1, 0.15) is 44.9 Å². The van der Waals surface area contributed by atoms with Crippen molar-refractivity contribution in [3.05, 3.63) is 0 Å². The van der Waals surface area contributed by atoms with Gasteiger partial charge in [0.1, 0.15) is 0 Å². The molecule has 2 N–H and O–H groups in total. The Morgan fingerprint density at radius 3 is 2.25 bits per heavy atom. The maximum atomic E-state index is 5.81. The van der Waals surface area contributed by atoms with E-state index in [1.165, 1.54) is 44.9 Å². The summed E-state index contributed by atoms with van der Waals surface area (Å²) in [6.07, 6.45) is 10.3. The summed E-state index contributed by atoms with van der Waals surface area (Å²) in [5.41, 5.74) is 5.81. The van der Waals surface area contributed by atoms with E-state index >= 15 is 0 Å². The third-order valence-corrected chi connectivity index (χ3v) is 4.03. The summed E-state index contributed by atoms with van der Waals surface area (Å²) in [6, 6.07) is 0. The van der Waals surface area contributed by atoms with Gasteiger partial charge in [0, 0.05) is 0 Å². The Balaban J connectivity index is 1.90. The van der Waals surface area contributed by atoms with Crippen molar-refractivity contribution in [2.45, 2.75) is 44.9 Å². The molecule has 1 nitrogen and oxygen atoms in total. The topological polar surface area (TPSA) is 26.0 Å². The molecule has 0 aromatic carbocycles. The highest BCUT2D eigenvalue weighted by Gasteiger charge is 2.33. The van der Waals surface area contributed by atoms with Crippen LogP contribution in [0.5, 0.6) is 0 Å². The average molecular weight is 167 g/mol. The van der Waals surface area contributed by atoms with Crippen molar-refractivity contribution in [3.8, 4) is 0 Å². The molecule has 0 radical (unpaired) electrons. The molecule has 2 aliphatic carbocycles. The first kappa shape index (κ1) is 8.55. The number of hydrogen-bond donors (Lipinski definition) is 1. The lowest BCUT2D eigenvalue weighted by molar-refractivity contribution is 0.106. The van der Waals surface area contributed by atoms with Gasteiger partial charge in [-0.25, -0.2) is 0 Å². The Kier molecular flexibility index (Phi) is 2.69. The highest BCUT2D eigenvalue weighted by atomic mass is 14.6. The molecule has 2 aliphatic rings. The molecular weight excluding hydrogens is 146 g/mol. The molecule has 0 aliphatic heterocycles. The van der Waals surface area contributed by atoms with Crippen LogP contribution in [0.3, 0.4) is 0 Å². The monoisotopic (exact) mass is 167 g/mol. The first-order valence-corrected chi connectivity index (χ1v) is 5.62. The van der Waals surface area contributed by atoms with Crippen LogP contribution in [0, 0.1) is 17.8 Å². The van der Waals surface area contributed by atoms with E-state index in [1.807, 2.05) is 0 Å². The second-order valence-corrected chi connectivity index (χ2v) is 4.64. The predicted octanol–water partition coefficient (Wildman–Crippen LogP) is 2.55. The van der Waals surface area contributed by atoms with Crippen molar-refractivity contribution < 1.29 is 0 Å². The minimum absolute atomic E-state index is 0.879. The Bertz CT molecular complexity index is 140. The van der Waals surface area contributed by atoms with Crippen LogP contribution in [-0.4, -0.2) is 6.54 Å². The van der Waals surface area contributed by atoms with Crippen LogP contribution in [0.2, 0.25) is 0 Å². The fourth-order valence-corrected chi connectivity index (χ4v) is 3.02. The van der Waals surface area contributed by atoms with E-state index in [4.69, 9.17) is 5.73 Å². The van der Waals surface area contributed by atoms with Crippen LogP contribution in [0.15, 0.2) is 0 Å². The van der Waals surface area contributed by atoms with Gasteiger partial charge in [-0.2, -0.15) is 0 Å². The van der Waals surface area contributed by atoms with Crippen LogP contribution < -0.4 is 5.73 Å². The van der Waals surface area contributed by atoms with E-state index in [0.29, 0.717) is 0 Å². The van der Waals surface area contributed by atoms with Gasteiger partial charge >= 0.3 is 0 Å². The third-order valence-electron chi connectivity index (χ3n) is 4.03. The summed E-state index contributed by atoms with van der Waals surface area (Å²) >= 11 is 0. The largest absolute Gasteiger partial charge is 0.330 e. The fraction of sp³-hybridized carbons (Fsp3) is 1.00. The standard InChI is InChI=1S/C11H21N/c12-8-10-4-1-2-7-11(10)9-5-3-6-9/h9-11H,1-8,12H2. The SMILES string of the molecule is NCC1CCCCC1C1CCC1. The van der Waals surface area contributed by atoms with Crippen molar-refractivity contribution in [2.75, 3.05) is 6.54 Å². The van der Waals surface area contributed by atoms with E-state index in [2.05, 4.69) is 0 Å². The smallest absolute Gasteiger partial charge is 0.00461 e. The molecule has 0 amide bonds. The van der Waals surface area contributed by atoms with Crippen LogP contribution in [0.25, 0.3) is 0 Å². The van der Waals surface area contributed by atoms with E-state index in [9.17, 15) is 0 Å². The second-order valence-electron chi connectivity index (χ2n) is 4.64. The zero-order valence-corrected chi connectivity index (χ0v) is 7.97. The Morgan fingerprint density at radius 2 is 1.67 bits per heavy atom. The summed E-state index contributed by atoms with van der Waals surface area (Å²) < 4.78 is 0. The first-order chi connectivity index (χ1) is 5.92. The molecule has 2 unspecified atom stereocenters. The van der Waals surface area contributed by atoms with Gasteiger partial charge < -0.3 is 5.73 Å². The lowest BCUT2D eigenvalue weighted by Gasteiger charge is -2.41. The van der Waals surface area contributed by atoms with Crippen LogP contribution in [-0.2, 0) is 0 Å². The zero-order valence-electron chi connectivity index (χ0n) is 7.97. The molecule has 0 aromatic heterocycles. The molecule has 0 bridgehead atoms. The van der Waals surface area contributed by atoms with Crippen molar-refractivity contribution in [3.63, 3.8) is 0 Å². The van der Waals surface area contributed by atoms with E-state index in [-0.39, 0.29) is 0 Å². The second kappa shape index (κ2) is 3.78. The molecule has 2 saturated carbocycles. The van der Waals surface area contributed by atoms with Gasteiger partial charge in [-0.3, -0.25) is 0 Å². The normalized spacial score (nSPS) is 37.8. The maximum absolute atomic E-state index is 5.81. The Morgan fingerprint density at radius 1 is 0.917 bits per heavy atom. The van der Waals surface area contributed by atoms with Gasteiger partial charge in [0.2, 0.25) is 0 Å². The molecule has 0 spiro atoms. The van der Waals surface area contributed by atoms with E-state index in [1.54, 1.807) is 0 Å². The van der Waals surface area contributed by atoms with Gasteiger partial charge in [0.15, 0.2) is 0 Å². The molecule has 70 valence electrons. The van der Waals surface area contributed by atoms with Gasteiger partial charge in [-0.05, 0) is 37.1 Å². The minimum Gasteiger partial charge on any atom is -0.330 e. The molecule has 1 heteroatoms. The van der Waals surface area contributed by atoms with Gasteiger partial charge in [-0.1, -0.05) is 32.1 Å². The number of hydrogen-bond acceptors (Lipinski definition) is 1. The Hall–Kier alpha value is -0.0400. The molecular formula is C11H21N. The van der Waals surface area contributed by atoms with Gasteiger partial charge in [0.05, 0.1) is 0 Å². The number of nitrogens with two attached hydrogens (primary N) is 1. The summed E-state index contributed by atoms with van der Waals surface area (Å²) in [7, 11) is 0. The molecule has 0 saturated heterocycles. The Labute approximate surface area is 75.7 Å². The summed E-state index contributed by atoms with van der Waals surface area (Å²) in [5, 5.41) is 0. The van der Waals surface area contributed by atoms with E-state index in [0.717, 1.165) is 24.3 Å². The van der Waals surface area contributed by atoms with Crippen LogP contribution in [0.4, 0.5) is 0 Å². The maximum Gasteiger partial charge on any atom is -0.00461 e. The zero-order chi connectivity index (χ0) is 8.39. The average Bonchev–Trinajstić information content (AvgIpc) is 2.02. The van der Waals surface area contributed by atoms with Crippen molar-refractivity contribution in [1.82, 2.24) is 0 Å². The highest BCUT2D eigenvalue weighted by molar-refractivity contribution is 4.85. The molecule has 0 aromatic rings. The molecule has 2 fully saturated rings.